The zero-order chi connectivity index (χ0) is 15.6. The summed E-state index contributed by atoms with van der Waals surface area (Å²) >= 11 is 0. The quantitative estimate of drug-likeness (QED) is 0.692. The summed E-state index contributed by atoms with van der Waals surface area (Å²) in [6.07, 6.45) is -4.51. The van der Waals surface area contributed by atoms with Gasteiger partial charge in [-0.2, -0.15) is 13.2 Å². The Labute approximate surface area is 121 Å². The molecule has 21 heavy (non-hydrogen) atoms. The second-order valence-electron chi connectivity index (χ2n) is 4.33. The molecule has 0 aliphatic carbocycles. The van der Waals surface area contributed by atoms with E-state index in [4.69, 9.17) is 5.73 Å². The van der Waals surface area contributed by atoms with Crippen LogP contribution in [0.1, 0.15) is 11.1 Å². The number of hydrogen-bond acceptors (Lipinski definition) is 2. The van der Waals surface area contributed by atoms with Crippen molar-refractivity contribution >= 4 is 16.5 Å². The van der Waals surface area contributed by atoms with Gasteiger partial charge in [0.2, 0.25) is 0 Å². The zero-order valence-electron chi connectivity index (χ0n) is 10.7. The molecule has 2 rings (SSSR count). The summed E-state index contributed by atoms with van der Waals surface area (Å²) in [4.78, 5) is 0.0613. The highest BCUT2D eigenvalue weighted by Gasteiger charge is 2.31. The summed E-state index contributed by atoms with van der Waals surface area (Å²) < 4.78 is 63.2. The molecule has 0 heterocycles. The number of rotatable bonds is 3. The first-order chi connectivity index (χ1) is 9.79. The van der Waals surface area contributed by atoms with E-state index in [1.165, 1.54) is 18.2 Å². The molecule has 0 aromatic heterocycles. The topological polar surface area (TPSA) is 43.1 Å². The number of anilines is 1. The average Bonchev–Trinajstić information content (AvgIpc) is 2.40. The van der Waals surface area contributed by atoms with Crippen LogP contribution in [-0.2, 0) is 22.7 Å². The molecule has 2 aromatic carbocycles. The van der Waals surface area contributed by atoms with Crippen LogP contribution in [0.25, 0.3) is 0 Å². The van der Waals surface area contributed by atoms with Crippen LogP contribution in [0.2, 0.25) is 0 Å². The van der Waals surface area contributed by atoms with Gasteiger partial charge in [0.1, 0.15) is 5.82 Å². The number of alkyl halides is 3. The van der Waals surface area contributed by atoms with E-state index in [1.54, 1.807) is 6.07 Å². The van der Waals surface area contributed by atoms with Crippen LogP contribution in [-0.4, -0.2) is 4.21 Å². The third-order valence-electron chi connectivity index (χ3n) is 2.83. The zero-order valence-corrected chi connectivity index (χ0v) is 11.5. The van der Waals surface area contributed by atoms with Gasteiger partial charge in [-0.25, -0.2) is 4.39 Å². The van der Waals surface area contributed by atoms with Crippen molar-refractivity contribution in [3.63, 3.8) is 0 Å². The fraction of sp³-hybridized carbons (Fsp3) is 0.143. The lowest BCUT2D eigenvalue weighted by Gasteiger charge is -2.11. The number of benzene rings is 2. The summed E-state index contributed by atoms with van der Waals surface area (Å²) in [5.41, 5.74) is 4.61. The van der Waals surface area contributed by atoms with Crippen molar-refractivity contribution in [3.05, 3.63) is 59.4 Å². The molecule has 7 heteroatoms. The van der Waals surface area contributed by atoms with Crippen LogP contribution in [0.15, 0.2) is 47.4 Å². The van der Waals surface area contributed by atoms with Gasteiger partial charge >= 0.3 is 6.18 Å². The predicted octanol–water partition coefficient (Wildman–Crippen LogP) is 3.73. The van der Waals surface area contributed by atoms with E-state index in [9.17, 15) is 21.8 Å². The van der Waals surface area contributed by atoms with Crippen LogP contribution in [0, 0.1) is 5.82 Å². The maximum absolute atomic E-state index is 13.5. The standard InChI is InChI=1S/C14H11F4NOS/c15-11-4-2-1-3-9(11)8-21(20)13-6-5-10(7-12(13)19)14(16,17)18/h1-7H,8,19H2. The maximum atomic E-state index is 13.5. The molecular weight excluding hydrogens is 306 g/mol. The Balaban J connectivity index is 2.26. The molecule has 0 aliphatic rings. The van der Waals surface area contributed by atoms with Crippen molar-refractivity contribution in [2.45, 2.75) is 16.8 Å². The molecule has 0 radical (unpaired) electrons. The minimum absolute atomic E-state index is 0.0613. The molecule has 2 nitrogen and oxygen atoms in total. The van der Waals surface area contributed by atoms with Crippen LogP contribution in [0.3, 0.4) is 0 Å². The smallest absolute Gasteiger partial charge is 0.398 e. The van der Waals surface area contributed by atoms with Crippen molar-refractivity contribution in [2.24, 2.45) is 0 Å². The third-order valence-corrected chi connectivity index (χ3v) is 4.26. The number of nitrogens with two attached hydrogens (primary N) is 1. The molecule has 0 spiro atoms. The van der Waals surface area contributed by atoms with Crippen LogP contribution in [0.4, 0.5) is 23.2 Å². The van der Waals surface area contributed by atoms with Gasteiger partial charge in [-0.1, -0.05) is 18.2 Å². The molecule has 0 saturated carbocycles. The first kappa shape index (κ1) is 15.5. The van der Waals surface area contributed by atoms with Gasteiger partial charge in [0.05, 0.1) is 27.0 Å². The fourth-order valence-corrected chi connectivity index (χ4v) is 2.98. The molecule has 0 bridgehead atoms. The Morgan fingerprint density at radius 2 is 1.76 bits per heavy atom. The fourth-order valence-electron chi connectivity index (χ4n) is 1.77. The highest BCUT2D eigenvalue weighted by atomic mass is 32.2. The van der Waals surface area contributed by atoms with Crippen molar-refractivity contribution in [1.82, 2.24) is 0 Å². The van der Waals surface area contributed by atoms with Crippen molar-refractivity contribution in [3.8, 4) is 0 Å². The number of hydrogen-bond donors (Lipinski definition) is 1. The van der Waals surface area contributed by atoms with Gasteiger partial charge in [-0.15, -0.1) is 0 Å². The molecule has 112 valence electrons. The van der Waals surface area contributed by atoms with Crippen LogP contribution in [0.5, 0.6) is 0 Å². The minimum Gasteiger partial charge on any atom is -0.398 e. The van der Waals surface area contributed by atoms with E-state index in [0.29, 0.717) is 0 Å². The largest absolute Gasteiger partial charge is 0.416 e. The first-order valence-corrected chi connectivity index (χ1v) is 7.19. The Kier molecular flexibility index (Phi) is 4.32. The third kappa shape index (κ3) is 3.60. The van der Waals surface area contributed by atoms with Gasteiger partial charge in [0.25, 0.3) is 0 Å². The molecule has 1 atom stereocenters. The minimum atomic E-state index is -4.51. The SMILES string of the molecule is Nc1cc(C(F)(F)F)ccc1S(=O)Cc1ccccc1F. The van der Waals surface area contributed by atoms with Crippen LogP contribution < -0.4 is 5.73 Å². The summed E-state index contributed by atoms with van der Waals surface area (Å²) in [6.45, 7) is 0. The van der Waals surface area contributed by atoms with E-state index in [-0.39, 0.29) is 21.9 Å². The second-order valence-corrected chi connectivity index (χ2v) is 5.75. The maximum Gasteiger partial charge on any atom is 0.416 e. The van der Waals surface area contributed by atoms with Gasteiger partial charge in [-0.05, 0) is 24.3 Å². The van der Waals surface area contributed by atoms with E-state index in [2.05, 4.69) is 0 Å². The van der Waals surface area contributed by atoms with E-state index < -0.39 is 28.4 Å². The highest BCUT2D eigenvalue weighted by Crippen LogP contribution is 2.32. The Hall–Kier alpha value is -1.89. The lowest BCUT2D eigenvalue weighted by atomic mass is 10.2. The van der Waals surface area contributed by atoms with E-state index in [1.807, 2.05) is 0 Å². The summed E-state index contributed by atoms with van der Waals surface area (Å²) in [6, 6.07) is 8.38. The highest BCUT2D eigenvalue weighted by molar-refractivity contribution is 7.84. The average molecular weight is 317 g/mol. The Bertz CT molecular complexity index is 685. The van der Waals surface area contributed by atoms with Gasteiger partial charge in [0.15, 0.2) is 0 Å². The molecule has 2 aromatic rings. The number of halogens is 4. The summed E-state index contributed by atoms with van der Waals surface area (Å²) in [7, 11) is -1.72. The second kappa shape index (κ2) is 5.85. The van der Waals surface area contributed by atoms with Gasteiger partial charge in [0, 0.05) is 11.3 Å². The molecule has 0 aliphatic heterocycles. The van der Waals surface area contributed by atoms with Crippen LogP contribution >= 0.6 is 0 Å². The van der Waals surface area contributed by atoms with E-state index >= 15 is 0 Å². The molecule has 0 fully saturated rings. The molecule has 1 unspecified atom stereocenters. The van der Waals surface area contributed by atoms with Crippen molar-refractivity contribution < 1.29 is 21.8 Å². The molecule has 0 saturated heterocycles. The Morgan fingerprint density at radius 3 is 2.33 bits per heavy atom. The summed E-state index contributed by atoms with van der Waals surface area (Å²) in [5.74, 6) is -0.668. The lowest BCUT2D eigenvalue weighted by Crippen LogP contribution is -2.08. The van der Waals surface area contributed by atoms with Crippen molar-refractivity contribution in [1.29, 1.82) is 0 Å². The molecule has 2 N–H and O–H groups in total. The predicted molar refractivity (Wildman–Crippen MR) is 72.4 cm³/mol. The first-order valence-electron chi connectivity index (χ1n) is 5.87. The Morgan fingerprint density at radius 1 is 1.10 bits per heavy atom. The summed E-state index contributed by atoms with van der Waals surface area (Å²) in [5, 5.41) is 0. The van der Waals surface area contributed by atoms with Gasteiger partial charge in [-0.3, -0.25) is 4.21 Å². The molecule has 0 amide bonds. The monoisotopic (exact) mass is 317 g/mol. The van der Waals surface area contributed by atoms with E-state index in [0.717, 1.165) is 18.2 Å². The van der Waals surface area contributed by atoms with Crippen molar-refractivity contribution in [2.75, 3.05) is 5.73 Å². The lowest BCUT2D eigenvalue weighted by molar-refractivity contribution is -0.137. The molecular formula is C14H11F4NOS. The van der Waals surface area contributed by atoms with Gasteiger partial charge < -0.3 is 5.73 Å². The number of nitrogen functional groups attached to an aromatic ring is 1. The normalized spacial score (nSPS) is 13.1.